The Labute approximate surface area is 129 Å². The molecule has 4 heteroatoms. The number of carbonyl (C=O) groups excluding carboxylic acids is 1. The third-order valence-corrected chi connectivity index (χ3v) is 3.64. The second-order valence-corrected chi connectivity index (χ2v) is 5.72. The maximum absolute atomic E-state index is 11.3. The summed E-state index contributed by atoms with van der Waals surface area (Å²) >= 11 is 0. The fourth-order valence-corrected chi connectivity index (χ4v) is 2.74. The van der Waals surface area contributed by atoms with Crippen LogP contribution in [0.1, 0.15) is 33.1 Å². The summed E-state index contributed by atoms with van der Waals surface area (Å²) in [5.41, 5.74) is 1.40. The van der Waals surface area contributed by atoms with Crippen LogP contribution in [0.2, 0.25) is 0 Å². The summed E-state index contributed by atoms with van der Waals surface area (Å²) in [6.45, 7) is 12.8. The van der Waals surface area contributed by atoms with E-state index < -0.39 is 0 Å². The maximum atomic E-state index is 11.3. The minimum absolute atomic E-state index is 0.187. The second-order valence-electron chi connectivity index (χ2n) is 5.72. The number of hydrogen-bond acceptors (Lipinski definition) is 4. The molecule has 1 aliphatic rings. The Morgan fingerprint density at radius 1 is 1.43 bits per heavy atom. The molecule has 0 aromatic heterocycles. The SMILES string of the molecule is C=CCC(/C=C(\C)CN1CCCC1)CNCC(=O)OCC. The molecule has 1 heterocycles. The Bertz CT molecular complexity index is 347. The normalized spacial score (nSPS) is 17.7. The highest BCUT2D eigenvalue weighted by Crippen LogP contribution is 2.13. The number of nitrogens with zero attached hydrogens (tertiary/aromatic N) is 1. The number of rotatable bonds is 10. The Hall–Kier alpha value is -1.13. The fourth-order valence-electron chi connectivity index (χ4n) is 2.74. The van der Waals surface area contributed by atoms with Crippen molar-refractivity contribution in [1.82, 2.24) is 10.2 Å². The molecule has 0 amide bonds. The van der Waals surface area contributed by atoms with Gasteiger partial charge in [0.15, 0.2) is 0 Å². The molecule has 0 radical (unpaired) electrons. The first-order valence-electron chi connectivity index (χ1n) is 8.02. The number of likely N-dealkylation sites (tertiary alicyclic amines) is 1. The van der Waals surface area contributed by atoms with Crippen molar-refractivity contribution in [2.24, 2.45) is 5.92 Å². The molecule has 1 fully saturated rings. The largest absolute Gasteiger partial charge is 0.465 e. The quantitative estimate of drug-likeness (QED) is 0.496. The van der Waals surface area contributed by atoms with Crippen molar-refractivity contribution >= 4 is 5.97 Å². The van der Waals surface area contributed by atoms with Gasteiger partial charge in [-0.05, 0) is 52.1 Å². The van der Waals surface area contributed by atoms with Gasteiger partial charge in [0, 0.05) is 13.1 Å². The average molecular weight is 294 g/mol. The highest BCUT2D eigenvalue weighted by atomic mass is 16.5. The third-order valence-electron chi connectivity index (χ3n) is 3.64. The van der Waals surface area contributed by atoms with Gasteiger partial charge in [0.2, 0.25) is 0 Å². The van der Waals surface area contributed by atoms with E-state index in [4.69, 9.17) is 4.74 Å². The van der Waals surface area contributed by atoms with Crippen molar-refractivity contribution in [2.45, 2.75) is 33.1 Å². The van der Waals surface area contributed by atoms with E-state index in [1.807, 2.05) is 13.0 Å². The topological polar surface area (TPSA) is 41.6 Å². The van der Waals surface area contributed by atoms with Crippen LogP contribution in [0.25, 0.3) is 0 Å². The molecule has 4 nitrogen and oxygen atoms in total. The van der Waals surface area contributed by atoms with Gasteiger partial charge in [-0.2, -0.15) is 0 Å². The van der Waals surface area contributed by atoms with Gasteiger partial charge in [-0.25, -0.2) is 0 Å². The maximum Gasteiger partial charge on any atom is 0.319 e. The lowest BCUT2D eigenvalue weighted by Gasteiger charge is -2.17. The minimum atomic E-state index is -0.187. The monoisotopic (exact) mass is 294 g/mol. The van der Waals surface area contributed by atoms with Gasteiger partial charge >= 0.3 is 5.97 Å². The lowest BCUT2D eigenvalue weighted by molar-refractivity contribution is -0.142. The fraction of sp³-hybridized carbons (Fsp3) is 0.706. The molecule has 1 saturated heterocycles. The number of esters is 1. The first-order valence-corrected chi connectivity index (χ1v) is 8.02. The number of allylic oxidation sites excluding steroid dienone is 1. The lowest BCUT2D eigenvalue weighted by Crippen LogP contribution is -2.29. The summed E-state index contributed by atoms with van der Waals surface area (Å²) in [5, 5.41) is 3.17. The smallest absolute Gasteiger partial charge is 0.319 e. The van der Waals surface area contributed by atoms with Gasteiger partial charge in [-0.1, -0.05) is 17.7 Å². The van der Waals surface area contributed by atoms with E-state index in [1.165, 1.54) is 31.5 Å². The van der Waals surface area contributed by atoms with Crippen molar-refractivity contribution in [3.63, 3.8) is 0 Å². The Morgan fingerprint density at radius 3 is 2.76 bits per heavy atom. The van der Waals surface area contributed by atoms with Crippen LogP contribution in [0, 0.1) is 5.92 Å². The number of hydrogen-bond donors (Lipinski definition) is 1. The van der Waals surface area contributed by atoms with Gasteiger partial charge in [0.25, 0.3) is 0 Å². The van der Waals surface area contributed by atoms with Gasteiger partial charge in [-0.15, -0.1) is 6.58 Å². The van der Waals surface area contributed by atoms with E-state index in [0.29, 0.717) is 12.5 Å². The molecule has 1 aliphatic heterocycles. The molecule has 120 valence electrons. The Kier molecular flexibility index (Phi) is 9.02. The van der Waals surface area contributed by atoms with Gasteiger partial charge in [0.1, 0.15) is 0 Å². The van der Waals surface area contributed by atoms with E-state index >= 15 is 0 Å². The van der Waals surface area contributed by atoms with Crippen molar-refractivity contribution in [2.75, 3.05) is 39.3 Å². The van der Waals surface area contributed by atoms with Crippen LogP contribution < -0.4 is 5.32 Å². The standard InChI is InChI=1S/C17H30N2O2/c1-4-8-16(12-18-13-17(20)21-5-2)11-15(3)14-19-9-6-7-10-19/h4,11,16,18H,1,5-10,12-14H2,2-3H3/b15-11+. The van der Waals surface area contributed by atoms with Crippen LogP contribution in [-0.4, -0.2) is 50.2 Å². The van der Waals surface area contributed by atoms with Crippen LogP contribution in [-0.2, 0) is 9.53 Å². The number of ether oxygens (including phenoxy) is 1. The van der Waals surface area contributed by atoms with E-state index in [9.17, 15) is 4.79 Å². The zero-order valence-corrected chi connectivity index (χ0v) is 13.6. The molecule has 0 aromatic carbocycles. The van der Waals surface area contributed by atoms with Gasteiger partial charge < -0.3 is 10.1 Å². The first-order chi connectivity index (χ1) is 10.2. The van der Waals surface area contributed by atoms with Gasteiger partial charge in [0.05, 0.1) is 13.2 Å². The van der Waals surface area contributed by atoms with Crippen LogP contribution in [0.4, 0.5) is 0 Å². The molecule has 1 rings (SSSR count). The van der Waals surface area contributed by atoms with Crippen molar-refractivity contribution in [3.8, 4) is 0 Å². The van der Waals surface area contributed by atoms with Crippen LogP contribution in [0.5, 0.6) is 0 Å². The first kappa shape index (κ1) is 17.9. The molecular weight excluding hydrogens is 264 g/mol. The molecule has 0 spiro atoms. The van der Waals surface area contributed by atoms with Crippen LogP contribution in [0.15, 0.2) is 24.3 Å². The van der Waals surface area contributed by atoms with Crippen LogP contribution in [0.3, 0.4) is 0 Å². The molecule has 0 bridgehead atoms. The highest BCUT2D eigenvalue weighted by molar-refractivity contribution is 5.71. The summed E-state index contributed by atoms with van der Waals surface area (Å²) in [6.07, 6.45) is 7.83. The molecule has 0 aromatic rings. The lowest BCUT2D eigenvalue weighted by atomic mass is 10.0. The highest BCUT2D eigenvalue weighted by Gasteiger charge is 2.12. The molecule has 21 heavy (non-hydrogen) atoms. The van der Waals surface area contributed by atoms with Crippen molar-refractivity contribution in [1.29, 1.82) is 0 Å². The summed E-state index contributed by atoms with van der Waals surface area (Å²) < 4.78 is 4.91. The van der Waals surface area contributed by atoms with E-state index in [0.717, 1.165) is 19.5 Å². The minimum Gasteiger partial charge on any atom is -0.465 e. The Balaban J connectivity index is 2.36. The molecule has 1 atom stereocenters. The van der Waals surface area contributed by atoms with E-state index in [-0.39, 0.29) is 12.5 Å². The molecule has 1 unspecified atom stereocenters. The van der Waals surface area contributed by atoms with Gasteiger partial charge in [-0.3, -0.25) is 9.69 Å². The molecule has 1 N–H and O–H groups in total. The Morgan fingerprint density at radius 2 is 2.14 bits per heavy atom. The average Bonchev–Trinajstić information content (AvgIpc) is 2.92. The second kappa shape index (κ2) is 10.6. The summed E-state index contributed by atoms with van der Waals surface area (Å²) in [4.78, 5) is 13.8. The predicted octanol–water partition coefficient (Wildman–Crippen LogP) is 2.37. The van der Waals surface area contributed by atoms with Crippen molar-refractivity contribution in [3.05, 3.63) is 24.3 Å². The summed E-state index contributed by atoms with van der Waals surface area (Å²) in [7, 11) is 0. The van der Waals surface area contributed by atoms with E-state index in [2.05, 4.69) is 29.8 Å². The van der Waals surface area contributed by atoms with E-state index in [1.54, 1.807) is 0 Å². The third kappa shape index (κ3) is 8.02. The zero-order valence-electron chi connectivity index (χ0n) is 13.6. The van der Waals surface area contributed by atoms with Crippen molar-refractivity contribution < 1.29 is 9.53 Å². The molecular formula is C17H30N2O2. The molecule has 0 saturated carbocycles. The van der Waals surface area contributed by atoms with Crippen LogP contribution >= 0.6 is 0 Å². The predicted molar refractivity (Wildman–Crippen MR) is 87.2 cm³/mol. The summed E-state index contributed by atoms with van der Waals surface area (Å²) in [5.74, 6) is 0.201. The zero-order chi connectivity index (χ0) is 15.5. The number of nitrogens with one attached hydrogen (secondary N) is 1. The molecule has 0 aliphatic carbocycles. The number of carbonyl (C=O) groups is 1. The summed E-state index contributed by atoms with van der Waals surface area (Å²) in [6, 6.07) is 0.